The number of rotatable bonds is 0. The molecule has 0 aromatic carbocycles. The number of hydrogen-bond acceptors (Lipinski definition) is 0. The van der Waals surface area contributed by atoms with Gasteiger partial charge in [0.15, 0.2) is 0 Å². The first-order chi connectivity index (χ1) is 2.00. The molecule has 6 heavy (non-hydrogen) atoms. The van der Waals surface area contributed by atoms with Crippen molar-refractivity contribution >= 4 is 18.9 Å². The molecule has 0 unspecified atom stereocenters. The second kappa shape index (κ2) is 3.54. The molecule has 45 valence electrons. The van der Waals surface area contributed by atoms with Crippen molar-refractivity contribution in [2.75, 3.05) is 0 Å². The van der Waals surface area contributed by atoms with E-state index in [1.165, 1.54) is 0 Å². The minimum absolute atomic E-state index is 0. The molecule has 0 aromatic heterocycles. The zero-order chi connectivity index (χ0) is 4.50. The third kappa shape index (κ3) is 47.8. The van der Waals surface area contributed by atoms with Crippen LogP contribution >= 0.6 is 0 Å². The molecule has 0 aliphatic heterocycles. The quantitative estimate of drug-likeness (QED) is 0.450. The fourth-order valence-electron chi connectivity index (χ4n) is 0. The van der Waals surface area contributed by atoms with Crippen molar-refractivity contribution < 1.29 is 38.1 Å². The van der Waals surface area contributed by atoms with Gasteiger partial charge in [-0.3, -0.25) is 0 Å². The van der Waals surface area contributed by atoms with E-state index in [-0.39, 0.29) is 18.9 Å². The first-order valence-corrected chi connectivity index (χ1v) is 2.89. The van der Waals surface area contributed by atoms with Crippen molar-refractivity contribution in [1.82, 2.24) is 0 Å². The Balaban J connectivity index is 0. The van der Waals surface area contributed by atoms with Crippen molar-refractivity contribution in [3.8, 4) is 0 Å². The van der Waals surface area contributed by atoms with Gasteiger partial charge in [0, 0.05) is 0 Å². The molecule has 0 nitrogen and oxygen atoms in total. The average molecular weight is 259 g/mol. The standard InChI is InChI=1S/4FH.Li.Lu.H/h4*1H;;;/q;;;;;+4;/p-4. The summed E-state index contributed by atoms with van der Waals surface area (Å²) in [7, 11) is 0. The Morgan fingerprint density at radius 3 is 0.833 bits per heavy atom. The van der Waals surface area contributed by atoms with Gasteiger partial charge in [0.2, 0.25) is 0 Å². The van der Waals surface area contributed by atoms with Crippen LogP contribution in [0.2, 0.25) is 0 Å². The van der Waals surface area contributed by atoms with E-state index in [9.17, 15) is 5.85 Å². The second-order valence-corrected chi connectivity index (χ2v) is 1.64. The summed E-state index contributed by atoms with van der Waals surface area (Å²) < 4.78 is 39.3. The second-order valence-electron chi connectivity index (χ2n) is 0.221. The zero-order valence-electron chi connectivity index (χ0n) is 1.77. The van der Waals surface area contributed by atoms with Crippen molar-refractivity contribution in [3.63, 3.8) is 0 Å². The van der Waals surface area contributed by atoms with Crippen LogP contribution in [0.4, 0.5) is 5.85 Å². The summed E-state index contributed by atoms with van der Waals surface area (Å²) in [6.45, 7) is 0. The van der Waals surface area contributed by atoms with Crippen molar-refractivity contribution in [2.24, 2.45) is 0 Å². The van der Waals surface area contributed by atoms with Crippen LogP contribution < -0.4 is 0 Å². The normalized spacial score (nSPS) is 12.7. The molecule has 0 spiro atoms. The minimum atomic E-state index is -6.67. The van der Waals surface area contributed by atoms with E-state index in [1.807, 2.05) is 0 Å². The molecule has 0 amide bonds. The predicted molar refractivity (Wildman–Crippen MR) is 11.6 cm³/mol. The summed E-state index contributed by atoms with van der Waals surface area (Å²) >= 11 is -6.67. The number of halogens is 4. The summed E-state index contributed by atoms with van der Waals surface area (Å²) in [6.07, 6.45) is 0. The van der Waals surface area contributed by atoms with E-state index in [1.54, 1.807) is 0 Å². The monoisotopic (exact) mass is 259 g/mol. The fraction of sp³-hybridized carbons (Fsp3) is 0. The molecule has 0 aliphatic carbocycles. The van der Waals surface area contributed by atoms with E-state index in [2.05, 4.69) is 0 Å². The maximum atomic E-state index is 9.83. The van der Waals surface area contributed by atoms with E-state index in [4.69, 9.17) is 0 Å². The first-order valence-electron chi connectivity index (χ1n) is 0.390. The molecule has 0 aliphatic rings. The molecule has 0 N–H and O–H groups in total. The van der Waals surface area contributed by atoms with Gasteiger partial charge in [0.25, 0.3) is 0 Å². The van der Waals surface area contributed by atoms with Crippen molar-refractivity contribution in [3.05, 3.63) is 0 Å². The van der Waals surface area contributed by atoms with Crippen molar-refractivity contribution in [2.45, 2.75) is 0 Å². The van der Waals surface area contributed by atoms with Gasteiger partial charge in [-0.1, -0.05) is 0 Å². The summed E-state index contributed by atoms with van der Waals surface area (Å²) in [4.78, 5) is 0. The third-order valence-electron chi connectivity index (χ3n) is 0. The van der Waals surface area contributed by atoms with E-state index in [0.29, 0.717) is 0 Å². The van der Waals surface area contributed by atoms with Gasteiger partial charge in [-0.15, -0.1) is 0 Å². The van der Waals surface area contributed by atoms with E-state index in [0.717, 1.165) is 0 Å². The average Bonchev–Trinajstić information content (AvgIpc) is 0.722. The van der Waals surface area contributed by atoms with Crippen LogP contribution in [0.3, 0.4) is 0 Å². The van der Waals surface area contributed by atoms with Crippen LogP contribution in [-0.4, -0.2) is 18.9 Å². The van der Waals surface area contributed by atoms with Crippen LogP contribution in [0.25, 0.3) is 0 Å². The molecule has 0 atom stereocenters. The SMILES string of the molecule is [F][Lu]([F])([F])[F].[LiH]. The van der Waals surface area contributed by atoms with Crippen LogP contribution in [0.15, 0.2) is 0 Å². The Bertz CT molecular complexity index is 23.0. The molecule has 0 radical (unpaired) electrons. The Hall–Kier alpha value is 1.55. The summed E-state index contributed by atoms with van der Waals surface area (Å²) in [6, 6.07) is 0. The van der Waals surface area contributed by atoms with Crippen LogP contribution in [-0.2, 0) is 0 Å². The van der Waals surface area contributed by atoms with Crippen LogP contribution in [0.5, 0.6) is 0 Å². The Morgan fingerprint density at radius 2 is 0.833 bits per heavy atom. The molecule has 0 saturated heterocycles. The van der Waals surface area contributed by atoms with Gasteiger partial charge < -0.3 is 0 Å². The van der Waals surface area contributed by atoms with Gasteiger partial charge in [-0.05, 0) is 0 Å². The third-order valence-corrected chi connectivity index (χ3v) is 0. The molecule has 0 rings (SSSR count). The summed E-state index contributed by atoms with van der Waals surface area (Å²) in [5.41, 5.74) is 0. The first kappa shape index (κ1) is 10.5. The van der Waals surface area contributed by atoms with Gasteiger partial charge in [-0.25, -0.2) is 0 Å². The maximum absolute atomic E-state index is 9.83. The van der Waals surface area contributed by atoms with E-state index >= 15 is 0 Å². The van der Waals surface area contributed by atoms with Gasteiger partial charge in [-0.2, -0.15) is 0 Å². The molecule has 6 heteroatoms. The van der Waals surface area contributed by atoms with Crippen LogP contribution in [0, 0.1) is 32.3 Å². The van der Waals surface area contributed by atoms with E-state index < -0.39 is 32.3 Å². The predicted octanol–water partition coefficient (Wildman–Crippen LogP) is 1.03. The Kier molecular flexibility index (Phi) is 6.21. The molecular formula is HF4LiLu. The molecular weight excluding hydrogens is 258 g/mol. The van der Waals surface area contributed by atoms with Crippen LogP contribution in [0.1, 0.15) is 0 Å². The van der Waals surface area contributed by atoms with Crippen molar-refractivity contribution in [1.29, 1.82) is 0 Å². The van der Waals surface area contributed by atoms with Gasteiger partial charge in [0.1, 0.15) is 0 Å². The summed E-state index contributed by atoms with van der Waals surface area (Å²) in [5.74, 6) is 0. The molecule has 0 bridgehead atoms. The summed E-state index contributed by atoms with van der Waals surface area (Å²) in [5, 5.41) is 0. The van der Waals surface area contributed by atoms with Gasteiger partial charge in [0.05, 0.1) is 0 Å². The fourth-order valence-corrected chi connectivity index (χ4v) is 0. The van der Waals surface area contributed by atoms with Gasteiger partial charge >= 0.3 is 57.0 Å². The molecule has 0 heterocycles. The number of hydrogen-bond donors (Lipinski definition) is 0. The molecule has 0 saturated carbocycles. The Morgan fingerprint density at radius 1 is 0.833 bits per heavy atom. The molecule has 0 fully saturated rings. The topological polar surface area (TPSA) is 0 Å². The molecule has 0 aromatic rings. The zero-order valence-corrected chi connectivity index (χ0v) is 3.43. The Labute approximate surface area is 56.3 Å².